The summed E-state index contributed by atoms with van der Waals surface area (Å²) in [6, 6.07) is 9.23. The number of aromatic nitrogens is 2. The van der Waals surface area contributed by atoms with Crippen molar-refractivity contribution in [3.05, 3.63) is 41.6 Å². The van der Waals surface area contributed by atoms with Crippen molar-refractivity contribution in [2.24, 2.45) is 0 Å². The Kier molecular flexibility index (Phi) is 5.58. The standard InChI is InChI=1S/C16H18N4O3/c1-2-22-14-5-3-12(4-6-14)9-15(21)23-8-7-20-16(18)13(10-17)11-19-20/h3-6,11H,2,7-9,18H2,1H3. The molecule has 0 saturated heterocycles. The summed E-state index contributed by atoms with van der Waals surface area (Å²) in [5.41, 5.74) is 6.88. The van der Waals surface area contributed by atoms with Crippen LogP contribution in [0.25, 0.3) is 0 Å². The smallest absolute Gasteiger partial charge is 0.310 e. The van der Waals surface area contributed by atoms with E-state index in [2.05, 4.69) is 5.10 Å². The lowest BCUT2D eigenvalue weighted by molar-refractivity contribution is -0.143. The molecule has 0 saturated carbocycles. The molecule has 1 aromatic heterocycles. The van der Waals surface area contributed by atoms with Gasteiger partial charge >= 0.3 is 5.97 Å². The molecule has 0 fully saturated rings. The summed E-state index contributed by atoms with van der Waals surface area (Å²) in [4.78, 5) is 11.8. The van der Waals surface area contributed by atoms with E-state index in [1.807, 2.05) is 37.3 Å². The molecular formula is C16H18N4O3. The van der Waals surface area contributed by atoms with Crippen LogP contribution in [0, 0.1) is 11.3 Å². The monoisotopic (exact) mass is 314 g/mol. The molecule has 0 amide bonds. The van der Waals surface area contributed by atoms with Crippen LogP contribution in [-0.4, -0.2) is 29.0 Å². The van der Waals surface area contributed by atoms with E-state index in [1.165, 1.54) is 10.9 Å². The number of ether oxygens (including phenoxy) is 2. The SMILES string of the molecule is CCOc1ccc(CC(=O)OCCn2ncc(C#N)c2N)cc1. The van der Waals surface area contributed by atoms with Crippen molar-refractivity contribution < 1.29 is 14.3 Å². The molecule has 0 unspecified atom stereocenters. The highest BCUT2D eigenvalue weighted by molar-refractivity contribution is 5.72. The van der Waals surface area contributed by atoms with Gasteiger partial charge in [0.25, 0.3) is 0 Å². The molecule has 1 heterocycles. The number of benzene rings is 1. The summed E-state index contributed by atoms with van der Waals surface area (Å²) >= 11 is 0. The van der Waals surface area contributed by atoms with Crippen LogP contribution in [0.2, 0.25) is 0 Å². The van der Waals surface area contributed by atoms with E-state index in [0.717, 1.165) is 11.3 Å². The van der Waals surface area contributed by atoms with Crippen molar-refractivity contribution in [3.8, 4) is 11.8 Å². The number of nitriles is 1. The number of nitrogen functional groups attached to an aromatic ring is 1. The van der Waals surface area contributed by atoms with E-state index in [-0.39, 0.29) is 24.8 Å². The number of carbonyl (C=O) groups is 1. The zero-order valence-electron chi connectivity index (χ0n) is 12.9. The molecule has 120 valence electrons. The molecule has 0 atom stereocenters. The van der Waals surface area contributed by atoms with Crippen molar-refractivity contribution in [2.75, 3.05) is 18.9 Å². The predicted octanol–water partition coefficient (Wildman–Crippen LogP) is 1.52. The van der Waals surface area contributed by atoms with Gasteiger partial charge in [-0.25, -0.2) is 4.68 Å². The summed E-state index contributed by atoms with van der Waals surface area (Å²) in [5.74, 6) is 0.711. The van der Waals surface area contributed by atoms with Gasteiger partial charge in [0.15, 0.2) is 0 Å². The number of esters is 1. The number of carbonyl (C=O) groups excluding carboxylic acids is 1. The Morgan fingerprint density at radius 2 is 2.13 bits per heavy atom. The van der Waals surface area contributed by atoms with Crippen LogP contribution in [0.15, 0.2) is 30.5 Å². The molecule has 2 N–H and O–H groups in total. The highest BCUT2D eigenvalue weighted by Gasteiger charge is 2.08. The zero-order valence-corrected chi connectivity index (χ0v) is 12.9. The van der Waals surface area contributed by atoms with Gasteiger partial charge in [-0.1, -0.05) is 12.1 Å². The van der Waals surface area contributed by atoms with Crippen LogP contribution >= 0.6 is 0 Å². The normalized spacial score (nSPS) is 10.1. The van der Waals surface area contributed by atoms with Gasteiger partial charge in [0.1, 0.15) is 29.8 Å². The van der Waals surface area contributed by atoms with Crippen molar-refractivity contribution >= 4 is 11.8 Å². The second kappa shape index (κ2) is 7.84. The fourth-order valence-electron chi connectivity index (χ4n) is 1.99. The molecule has 0 aliphatic heterocycles. The van der Waals surface area contributed by atoms with E-state index >= 15 is 0 Å². The van der Waals surface area contributed by atoms with Gasteiger partial charge in [0.05, 0.1) is 25.8 Å². The molecule has 2 aromatic rings. The molecule has 0 aliphatic carbocycles. The molecule has 2 rings (SSSR count). The van der Waals surface area contributed by atoms with Crippen molar-refractivity contribution in [3.63, 3.8) is 0 Å². The fraction of sp³-hybridized carbons (Fsp3) is 0.312. The highest BCUT2D eigenvalue weighted by Crippen LogP contribution is 2.13. The minimum Gasteiger partial charge on any atom is -0.494 e. The molecule has 1 aromatic carbocycles. The Hall–Kier alpha value is -3.01. The number of nitrogens with two attached hydrogens (primary N) is 1. The first kappa shape index (κ1) is 16.4. The number of rotatable bonds is 7. The van der Waals surface area contributed by atoms with Crippen molar-refractivity contribution in [2.45, 2.75) is 19.9 Å². The average Bonchev–Trinajstić information content (AvgIpc) is 2.90. The van der Waals surface area contributed by atoms with Crippen LogP contribution in [-0.2, 0) is 22.5 Å². The Balaban J connectivity index is 1.78. The first-order chi connectivity index (χ1) is 11.1. The summed E-state index contributed by atoms with van der Waals surface area (Å²) < 4.78 is 11.9. The fourth-order valence-corrected chi connectivity index (χ4v) is 1.99. The largest absolute Gasteiger partial charge is 0.494 e. The van der Waals surface area contributed by atoms with Crippen molar-refractivity contribution in [1.82, 2.24) is 9.78 Å². The van der Waals surface area contributed by atoms with Crippen LogP contribution < -0.4 is 10.5 Å². The maximum atomic E-state index is 11.8. The summed E-state index contributed by atoms with van der Waals surface area (Å²) in [7, 11) is 0. The van der Waals surface area contributed by atoms with E-state index in [0.29, 0.717) is 18.7 Å². The van der Waals surface area contributed by atoms with Crippen LogP contribution in [0.1, 0.15) is 18.1 Å². The van der Waals surface area contributed by atoms with Crippen LogP contribution in [0.3, 0.4) is 0 Å². The van der Waals surface area contributed by atoms with E-state index in [1.54, 1.807) is 0 Å². The first-order valence-electron chi connectivity index (χ1n) is 7.22. The Labute approximate surface area is 134 Å². The van der Waals surface area contributed by atoms with E-state index < -0.39 is 0 Å². The van der Waals surface area contributed by atoms with Crippen LogP contribution in [0.4, 0.5) is 5.82 Å². The third-order valence-corrected chi connectivity index (χ3v) is 3.15. The zero-order chi connectivity index (χ0) is 16.7. The lowest BCUT2D eigenvalue weighted by Crippen LogP contribution is -2.15. The van der Waals surface area contributed by atoms with Gasteiger partial charge in [0.2, 0.25) is 0 Å². The maximum absolute atomic E-state index is 11.8. The van der Waals surface area contributed by atoms with Gasteiger partial charge < -0.3 is 15.2 Å². The van der Waals surface area contributed by atoms with Crippen LogP contribution in [0.5, 0.6) is 5.75 Å². The third-order valence-electron chi connectivity index (χ3n) is 3.15. The quantitative estimate of drug-likeness (QED) is 0.777. The summed E-state index contributed by atoms with van der Waals surface area (Å²) in [6.45, 7) is 2.97. The predicted molar refractivity (Wildman–Crippen MR) is 83.6 cm³/mol. The molecule has 7 heteroatoms. The molecule has 0 radical (unpaired) electrons. The lowest BCUT2D eigenvalue weighted by atomic mass is 10.1. The second-order valence-corrected chi connectivity index (χ2v) is 4.75. The first-order valence-corrected chi connectivity index (χ1v) is 7.22. The second-order valence-electron chi connectivity index (χ2n) is 4.75. The minimum atomic E-state index is -0.333. The van der Waals surface area contributed by atoms with Gasteiger partial charge in [0, 0.05) is 0 Å². The number of anilines is 1. The van der Waals surface area contributed by atoms with Gasteiger partial charge in [-0.15, -0.1) is 0 Å². The number of hydrogen-bond donors (Lipinski definition) is 1. The average molecular weight is 314 g/mol. The third kappa shape index (κ3) is 4.48. The van der Waals surface area contributed by atoms with Gasteiger partial charge in [-0.2, -0.15) is 10.4 Å². The number of hydrogen-bond acceptors (Lipinski definition) is 6. The summed E-state index contributed by atoms with van der Waals surface area (Å²) in [5, 5.41) is 12.7. The van der Waals surface area contributed by atoms with Gasteiger partial charge in [-0.05, 0) is 24.6 Å². The highest BCUT2D eigenvalue weighted by atomic mass is 16.5. The maximum Gasteiger partial charge on any atom is 0.310 e. The summed E-state index contributed by atoms with van der Waals surface area (Å²) in [6.07, 6.45) is 1.57. The molecule has 0 aliphatic rings. The number of nitrogens with zero attached hydrogens (tertiary/aromatic N) is 3. The van der Waals surface area contributed by atoms with Crippen molar-refractivity contribution in [1.29, 1.82) is 5.26 Å². The Morgan fingerprint density at radius 1 is 1.39 bits per heavy atom. The van der Waals surface area contributed by atoms with Gasteiger partial charge in [-0.3, -0.25) is 4.79 Å². The molecule has 0 bridgehead atoms. The molecule has 23 heavy (non-hydrogen) atoms. The Bertz CT molecular complexity index is 701. The van der Waals surface area contributed by atoms with E-state index in [9.17, 15) is 4.79 Å². The Morgan fingerprint density at radius 3 is 2.74 bits per heavy atom. The van der Waals surface area contributed by atoms with E-state index in [4.69, 9.17) is 20.5 Å². The molecule has 0 spiro atoms. The minimum absolute atomic E-state index is 0.145. The molecular weight excluding hydrogens is 296 g/mol. The molecule has 7 nitrogen and oxygen atoms in total. The topological polar surface area (TPSA) is 103 Å². The lowest BCUT2D eigenvalue weighted by Gasteiger charge is -2.07.